The van der Waals surface area contributed by atoms with Gasteiger partial charge in [-0.25, -0.2) is 0 Å². The van der Waals surface area contributed by atoms with Gasteiger partial charge < -0.3 is 14.2 Å². The van der Waals surface area contributed by atoms with Crippen LogP contribution in [0, 0.1) is 0 Å². The third-order valence-corrected chi connectivity index (χ3v) is 12.6. The second kappa shape index (κ2) is 51.0. The number of carbonyl (C=O) groups excluding carboxylic acids is 3. The monoisotopic (exact) mass is 863 g/mol. The van der Waals surface area contributed by atoms with Crippen LogP contribution in [0.1, 0.15) is 316 Å². The summed E-state index contributed by atoms with van der Waals surface area (Å²) in [5.41, 5.74) is 0. The molecule has 0 unspecified atom stereocenters. The van der Waals surface area contributed by atoms with Crippen molar-refractivity contribution in [1.82, 2.24) is 0 Å². The molecule has 0 aromatic carbocycles. The molecule has 0 rings (SSSR count). The summed E-state index contributed by atoms with van der Waals surface area (Å²) in [7, 11) is 0. The Morgan fingerprint density at radius 1 is 0.262 bits per heavy atom. The third kappa shape index (κ3) is 49.3. The molecule has 0 spiro atoms. The van der Waals surface area contributed by atoms with Gasteiger partial charge in [-0.2, -0.15) is 0 Å². The van der Waals surface area contributed by atoms with Crippen LogP contribution in [0.3, 0.4) is 0 Å². The van der Waals surface area contributed by atoms with Gasteiger partial charge in [0.15, 0.2) is 6.10 Å². The topological polar surface area (TPSA) is 78.9 Å². The van der Waals surface area contributed by atoms with Crippen molar-refractivity contribution >= 4 is 17.9 Å². The summed E-state index contributed by atoms with van der Waals surface area (Å²) < 4.78 is 16.7. The zero-order chi connectivity index (χ0) is 44.4. The summed E-state index contributed by atoms with van der Waals surface area (Å²) >= 11 is 0. The predicted molar refractivity (Wildman–Crippen MR) is 261 cm³/mol. The predicted octanol–water partition coefficient (Wildman–Crippen LogP) is 18.0. The lowest BCUT2D eigenvalue weighted by Crippen LogP contribution is -2.30. The Kier molecular flexibility index (Phi) is 49.7. The molecule has 0 radical (unpaired) electrons. The zero-order valence-electron chi connectivity index (χ0n) is 41.5. The fourth-order valence-electron chi connectivity index (χ4n) is 8.45. The molecule has 0 aliphatic rings. The van der Waals surface area contributed by atoms with E-state index in [1.165, 1.54) is 212 Å². The van der Waals surface area contributed by atoms with Crippen LogP contribution in [0.15, 0.2) is 0 Å². The van der Waals surface area contributed by atoms with Crippen LogP contribution in [0.2, 0.25) is 0 Å². The molecule has 0 amide bonds. The highest BCUT2D eigenvalue weighted by molar-refractivity contribution is 5.71. The highest BCUT2D eigenvalue weighted by atomic mass is 16.6. The minimum atomic E-state index is -0.758. The molecule has 0 saturated carbocycles. The van der Waals surface area contributed by atoms with Crippen LogP contribution in [0.5, 0.6) is 0 Å². The normalized spacial score (nSPS) is 11.9. The summed E-state index contributed by atoms with van der Waals surface area (Å²) in [6.45, 7) is 6.62. The standard InChI is InChI=1S/C55H106O6/c1-4-7-10-13-15-17-19-21-23-25-27-29-31-33-35-37-39-42-45-48-54(57)60-51-52(50-59-53(56)47-44-41-12-9-6-3)61-55(58)49-46-43-40-38-36-34-32-30-28-26-24-22-20-18-16-14-11-8-5-2/h52H,4-51H2,1-3H3/t52-/m1/s1. The molecule has 6 heteroatoms. The number of ether oxygens (including phenoxy) is 3. The van der Waals surface area contributed by atoms with Gasteiger partial charge in [-0.3, -0.25) is 14.4 Å². The minimum absolute atomic E-state index is 0.0628. The van der Waals surface area contributed by atoms with Gasteiger partial charge in [0.05, 0.1) is 0 Å². The maximum atomic E-state index is 12.8. The van der Waals surface area contributed by atoms with Gasteiger partial charge in [0.2, 0.25) is 0 Å². The van der Waals surface area contributed by atoms with Gasteiger partial charge in [-0.1, -0.05) is 278 Å². The maximum absolute atomic E-state index is 12.8. The molecule has 362 valence electrons. The molecule has 0 aliphatic heterocycles. The van der Waals surface area contributed by atoms with Gasteiger partial charge in [0.25, 0.3) is 0 Å². The van der Waals surface area contributed by atoms with Crippen LogP contribution in [-0.4, -0.2) is 37.2 Å². The molecule has 0 bridgehead atoms. The van der Waals surface area contributed by atoms with Gasteiger partial charge >= 0.3 is 17.9 Å². The van der Waals surface area contributed by atoms with Crippen LogP contribution >= 0.6 is 0 Å². The molecular formula is C55H106O6. The quantitative estimate of drug-likeness (QED) is 0.0344. The third-order valence-electron chi connectivity index (χ3n) is 12.6. The van der Waals surface area contributed by atoms with Gasteiger partial charge in [0.1, 0.15) is 13.2 Å². The second-order valence-corrected chi connectivity index (χ2v) is 18.9. The molecule has 6 nitrogen and oxygen atoms in total. The molecule has 0 saturated heterocycles. The van der Waals surface area contributed by atoms with Crippen LogP contribution in [-0.2, 0) is 28.6 Å². The molecule has 0 aromatic heterocycles. The first-order chi connectivity index (χ1) is 30.0. The highest BCUT2D eigenvalue weighted by Crippen LogP contribution is 2.17. The van der Waals surface area contributed by atoms with Crippen LogP contribution in [0.25, 0.3) is 0 Å². The average molecular weight is 863 g/mol. The number of hydrogen-bond acceptors (Lipinski definition) is 6. The van der Waals surface area contributed by atoms with E-state index in [1.54, 1.807) is 0 Å². The first-order valence-corrected chi connectivity index (χ1v) is 27.5. The molecule has 0 fully saturated rings. The van der Waals surface area contributed by atoms with Crippen molar-refractivity contribution < 1.29 is 28.6 Å². The summed E-state index contributed by atoms with van der Waals surface area (Å²) in [4.78, 5) is 37.7. The number of hydrogen-bond donors (Lipinski definition) is 0. The van der Waals surface area contributed by atoms with Crippen molar-refractivity contribution in [2.45, 2.75) is 322 Å². The van der Waals surface area contributed by atoms with Crippen LogP contribution in [0.4, 0.5) is 0 Å². The second-order valence-electron chi connectivity index (χ2n) is 18.9. The van der Waals surface area contributed by atoms with E-state index in [0.717, 1.165) is 64.2 Å². The summed E-state index contributed by atoms with van der Waals surface area (Å²) in [6, 6.07) is 0. The van der Waals surface area contributed by atoms with Crippen molar-refractivity contribution in [2.24, 2.45) is 0 Å². The average Bonchev–Trinajstić information content (AvgIpc) is 3.26. The van der Waals surface area contributed by atoms with E-state index < -0.39 is 6.10 Å². The Hall–Kier alpha value is -1.59. The summed E-state index contributed by atoms with van der Waals surface area (Å²) in [5, 5.41) is 0. The van der Waals surface area contributed by atoms with Crippen molar-refractivity contribution in [2.75, 3.05) is 13.2 Å². The fraction of sp³-hybridized carbons (Fsp3) is 0.945. The van der Waals surface area contributed by atoms with Crippen molar-refractivity contribution in [3.05, 3.63) is 0 Å². The fourth-order valence-corrected chi connectivity index (χ4v) is 8.45. The SMILES string of the molecule is CCCCCCCCCCCCCCCCCCCCCC(=O)OC[C@@H](COC(=O)CCCCCCC)OC(=O)CCCCCCCCCCCCCCCCCCCCC. The Balaban J connectivity index is 4.05. The minimum Gasteiger partial charge on any atom is -0.462 e. The van der Waals surface area contributed by atoms with E-state index in [2.05, 4.69) is 20.8 Å². The van der Waals surface area contributed by atoms with E-state index >= 15 is 0 Å². The molecule has 61 heavy (non-hydrogen) atoms. The van der Waals surface area contributed by atoms with Crippen molar-refractivity contribution in [3.8, 4) is 0 Å². The lowest BCUT2D eigenvalue weighted by molar-refractivity contribution is -0.167. The molecular weight excluding hydrogens is 757 g/mol. The molecule has 0 aromatic rings. The first kappa shape index (κ1) is 59.4. The van der Waals surface area contributed by atoms with Gasteiger partial charge in [-0.15, -0.1) is 0 Å². The number of carbonyl (C=O) groups is 3. The Bertz CT molecular complexity index is 905. The molecule has 0 N–H and O–H groups in total. The van der Waals surface area contributed by atoms with Gasteiger partial charge in [0, 0.05) is 19.3 Å². The Morgan fingerprint density at radius 2 is 0.443 bits per heavy atom. The van der Waals surface area contributed by atoms with Crippen molar-refractivity contribution in [1.29, 1.82) is 0 Å². The van der Waals surface area contributed by atoms with E-state index in [4.69, 9.17) is 14.2 Å². The van der Waals surface area contributed by atoms with Crippen LogP contribution < -0.4 is 0 Å². The highest BCUT2D eigenvalue weighted by Gasteiger charge is 2.19. The summed E-state index contributed by atoms with van der Waals surface area (Å²) in [5.74, 6) is -0.853. The number of rotatable bonds is 51. The van der Waals surface area contributed by atoms with E-state index in [0.29, 0.717) is 19.3 Å². The van der Waals surface area contributed by atoms with E-state index in [9.17, 15) is 14.4 Å². The lowest BCUT2D eigenvalue weighted by atomic mass is 10.0. The molecule has 1 atom stereocenters. The largest absolute Gasteiger partial charge is 0.462 e. The molecule has 0 heterocycles. The smallest absolute Gasteiger partial charge is 0.306 e. The lowest BCUT2D eigenvalue weighted by Gasteiger charge is -2.18. The Labute approximate surface area is 380 Å². The Morgan fingerprint density at radius 3 is 0.656 bits per heavy atom. The number of esters is 3. The van der Waals surface area contributed by atoms with E-state index in [1.807, 2.05) is 0 Å². The summed E-state index contributed by atoms with van der Waals surface area (Å²) in [6.07, 6.45) is 55.6. The van der Waals surface area contributed by atoms with E-state index in [-0.39, 0.29) is 31.1 Å². The zero-order valence-corrected chi connectivity index (χ0v) is 41.5. The molecule has 0 aliphatic carbocycles. The maximum Gasteiger partial charge on any atom is 0.306 e. The first-order valence-electron chi connectivity index (χ1n) is 27.5. The number of unbranched alkanes of at least 4 members (excludes halogenated alkanes) is 40. The van der Waals surface area contributed by atoms with Gasteiger partial charge in [-0.05, 0) is 19.3 Å². The van der Waals surface area contributed by atoms with Crippen molar-refractivity contribution in [3.63, 3.8) is 0 Å².